The quantitative estimate of drug-likeness (QED) is 0.849. The zero-order chi connectivity index (χ0) is 12.5. The number of nitrogens with zero attached hydrogens (tertiary/aromatic N) is 1. The average Bonchev–Trinajstić information content (AvgIpc) is 2.23. The van der Waals surface area contributed by atoms with Crippen molar-refractivity contribution in [1.82, 2.24) is 4.90 Å². The van der Waals surface area contributed by atoms with Crippen LogP contribution in [0, 0.1) is 12.3 Å². The largest absolute Gasteiger partial charge is 0.327 e. The van der Waals surface area contributed by atoms with Crippen molar-refractivity contribution >= 4 is 0 Å². The molecule has 1 unspecified atom stereocenters. The highest BCUT2D eigenvalue weighted by atomic mass is 15.1. The highest BCUT2D eigenvalue weighted by Crippen LogP contribution is 2.28. The molecule has 0 aromatic heterocycles. The number of hydrogen-bond acceptors (Lipinski definition) is 2. The minimum absolute atomic E-state index is 0.238. The Morgan fingerprint density at radius 1 is 1.41 bits per heavy atom. The minimum atomic E-state index is 0.238. The molecule has 2 nitrogen and oxygen atoms in total. The van der Waals surface area contributed by atoms with Crippen LogP contribution in [0.4, 0.5) is 0 Å². The molecule has 0 spiro atoms. The summed E-state index contributed by atoms with van der Waals surface area (Å²) < 4.78 is 0. The van der Waals surface area contributed by atoms with Crippen molar-refractivity contribution in [2.24, 2.45) is 11.1 Å². The summed E-state index contributed by atoms with van der Waals surface area (Å²) in [6.45, 7) is 9.98. The number of piperidine rings is 1. The first-order valence-corrected chi connectivity index (χ1v) is 6.51. The number of rotatable bonds is 2. The lowest BCUT2D eigenvalue weighted by atomic mass is 9.79. The molecular weight excluding hydrogens is 208 g/mol. The summed E-state index contributed by atoms with van der Waals surface area (Å²) in [4.78, 5) is 2.53. The average molecular weight is 232 g/mol. The molecule has 0 bridgehead atoms. The molecule has 0 saturated carbocycles. The Kier molecular flexibility index (Phi) is 3.55. The smallest absolute Gasteiger partial charge is 0.0234 e. The number of likely N-dealkylation sites (tertiary alicyclic amines) is 1. The van der Waals surface area contributed by atoms with E-state index >= 15 is 0 Å². The maximum absolute atomic E-state index is 6.17. The number of hydrogen-bond donors (Lipinski definition) is 1. The van der Waals surface area contributed by atoms with E-state index in [9.17, 15) is 0 Å². The SMILES string of the molecule is Cc1cccc(CN2CCC(N)C(C)(C)C2)c1. The van der Waals surface area contributed by atoms with Gasteiger partial charge in [0.05, 0.1) is 0 Å². The predicted molar refractivity (Wildman–Crippen MR) is 72.8 cm³/mol. The molecule has 1 heterocycles. The first-order valence-electron chi connectivity index (χ1n) is 6.51. The first kappa shape index (κ1) is 12.6. The second-order valence-corrected chi connectivity index (χ2v) is 6.08. The Morgan fingerprint density at radius 3 is 2.82 bits per heavy atom. The number of nitrogens with two attached hydrogens (primary N) is 1. The van der Waals surface area contributed by atoms with E-state index in [-0.39, 0.29) is 5.41 Å². The van der Waals surface area contributed by atoms with Crippen LogP contribution in [0.3, 0.4) is 0 Å². The fourth-order valence-corrected chi connectivity index (χ4v) is 2.69. The highest BCUT2D eigenvalue weighted by Gasteiger charge is 2.33. The van der Waals surface area contributed by atoms with Crippen LogP contribution in [0.15, 0.2) is 24.3 Å². The zero-order valence-corrected chi connectivity index (χ0v) is 11.2. The van der Waals surface area contributed by atoms with Gasteiger partial charge in [0.25, 0.3) is 0 Å². The van der Waals surface area contributed by atoms with Gasteiger partial charge in [-0.1, -0.05) is 43.7 Å². The Morgan fingerprint density at radius 2 is 2.18 bits per heavy atom. The molecule has 2 rings (SSSR count). The van der Waals surface area contributed by atoms with Gasteiger partial charge in [0.15, 0.2) is 0 Å². The third-order valence-electron chi connectivity index (χ3n) is 3.88. The van der Waals surface area contributed by atoms with Crippen LogP contribution < -0.4 is 5.73 Å². The van der Waals surface area contributed by atoms with Crippen molar-refractivity contribution in [2.45, 2.75) is 39.8 Å². The van der Waals surface area contributed by atoms with Crippen LogP contribution >= 0.6 is 0 Å². The van der Waals surface area contributed by atoms with Crippen LogP contribution in [0.5, 0.6) is 0 Å². The third-order valence-corrected chi connectivity index (χ3v) is 3.88. The summed E-state index contributed by atoms with van der Waals surface area (Å²) in [7, 11) is 0. The van der Waals surface area contributed by atoms with Crippen molar-refractivity contribution in [2.75, 3.05) is 13.1 Å². The predicted octanol–water partition coefficient (Wildman–Crippen LogP) is 2.55. The molecule has 0 radical (unpaired) electrons. The van der Waals surface area contributed by atoms with Gasteiger partial charge in [0.1, 0.15) is 0 Å². The van der Waals surface area contributed by atoms with E-state index in [0.29, 0.717) is 6.04 Å². The summed E-state index contributed by atoms with van der Waals surface area (Å²) in [5.41, 5.74) is 9.16. The number of benzene rings is 1. The topological polar surface area (TPSA) is 29.3 Å². The van der Waals surface area contributed by atoms with Crippen LogP contribution in [-0.4, -0.2) is 24.0 Å². The Labute approximate surface area is 105 Å². The van der Waals surface area contributed by atoms with E-state index in [1.807, 2.05) is 0 Å². The first-order chi connectivity index (χ1) is 7.97. The van der Waals surface area contributed by atoms with Gasteiger partial charge in [0, 0.05) is 25.7 Å². The Bertz CT molecular complexity index is 384. The molecule has 1 aliphatic rings. The maximum atomic E-state index is 6.17. The lowest BCUT2D eigenvalue weighted by molar-refractivity contribution is 0.0899. The normalized spacial score (nSPS) is 24.8. The maximum Gasteiger partial charge on any atom is 0.0234 e. The van der Waals surface area contributed by atoms with Crippen molar-refractivity contribution in [3.05, 3.63) is 35.4 Å². The Balaban J connectivity index is 2.01. The molecule has 0 amide bonds. The molecule has 1 fully saturated rings. The van der Waals surface area contributed by atoms with Crippen molar-refractivity contribution < 1.29 is 0 Å². The second-order valence-electron chi connectivity index (χ2n) is 6.08. The summed E-state index contributed by atoms with van der Waals surface area (Å²) in [6.07, 6.45) is 1.11. The third kappa shape index (κ3) is 3.08. The standard InChI is InChI=1S/C15H24N2/c1-12-5-4-6-13(9-12)10-17-8-7-14(16)15(2,3)11-17/h4-6,9,14H,7-8,10-11,16H2,1-3H3. The lowest BCUT2D eigenvalue weighted by Crippen LogP contribution is -2.52. The van der Waals surface area contributed by atoms with Gasteiger partial charge in [-0.05, 0) is 24.3 Å². The molecule has 94 valence electrons. The van der Waals surface area contributed by atoms with Gasteiger partial charge >= 0.3 is 0 Å². The van der Waals surface area contributed by atoms with E-state index in [0.717, 1.165) is 26.1 Å². The van der Waals surface area contributed by atoms with E-state index in [1.165, 1.54) is 11.1 Å². The van der Waals surface area contributed by atoms with Gasteiger partial charge in [-0.25, -0.2) is 0 Å². The van der Waals surface area contributed by atoms with Gasteiger partial charge in [-0.15, -0.1) is 0 Å². The van der Waals surface area contributed by atoms with Gasteiger partial charge < -0.3 is 5.73 Å². The van der Waals surface area contributed by atoms with Gasteiger partial charge in [-0.2, -0.15) is 0 Å². The summed E-state index contributed by atoms with van der Waals surface area (Å²) in [5.74, 6) is 0. The van der Waals surface area contributed by atoms with E-state index < -0.39 is 0 Å². The van der Waals surface area contributed by atoms with Gasteiger partial charge in [-0.3, -0.25) is 4.90 Å². The minimum Gasteiger partial charge on any atom is -0.327 e. The van der Waals surface area contributed by atoms with E-state index in [1.54, 1.807) is 0 Å². The lowest BCUT2D eigenvalue weighted by Gasteiger charge is -2.42. The van der Waals surface area contributed by atoms with Crippen LogP contribution in [0.25, 0.3) is 0 Å². The van der Waals surface area contributed by atoms with E-state index in [2.05, 4.69) is 49.9 Å². The molecule has 2 N–H and O–H groups in total. The van der Waals surface area contributed by atoms with Crippen molar-refractivity contribution in [1.29, 1.82) is 0 Å². The molecule has 2 heteroatoms. The molecule has 1 atom stereocenters. The monoisotopic (exact) mass is 232 g/mol. The molecule has 0 aliphatic carbocycles. The van der Waals surface area contributed by atoms with Crippen LogP contribution in [-0.2, 0) is 6.54 Å². The highest BCUT2D eigenvalue weighted by molar-refractivity contribution is 5.22. The van der Waals surface area contributed by atoms with Crippen molar-refractivity contribution in [3.8, 4) is 0 Å². The van der Waals surface area contributed by atoms with Crippen molar-refractivity contribution in [3.63, 3.8) is 0 Å². The Hall–Kier alpha value is -0.860. The van der Waals surface area contributed by atoms with Crippen LogP contribution in [0.1, 0.15) is 31.4 Å². The second kappa shape index (κ2) is 4.79. The van der Waals surface area contributed by atoms with Gasteiger partial charge in [0.2, 0.25) is 0 Å². The molecule has 1 aliphatic heterocycles. The summed E-state index contributed by atoms with van der Waals surface area (Å²) in [6, 6.07) is 9.14. The fourth-order valence-electron chi connectivity index (χ4n) is 2.69. The molecular formula is C15H24N2. The molecule has 1 aromatic carbocycles. The molecule has 1 saturated heterocycles. The molecule has 17 heavy (non-hydrogen) atoms. The van der Waals surface area contributed by atoms with E-state index in [4.69, 9.17) is 5.73 Å². The summed E-state index contributed by atoms with van der Waals surface area (Å²) >= 11 is 0. The molecule has 1 aromatic rings. The summed E-state index contributed by atoms with van der Waals surface area (Å²) in [5, 5.41) is 0. The zero-order valence-electron chi connectivity index (χ0n) is 11.2. The number of aryl methyl sites for hydroxylation is 1. The fraction of sp³-hybridized carbons (Fsp3) is 0.600. The van der Waals surface area contributed by atoms with Crippen LogP contribution in [0.2, 0.25) is 0 Å².